The SMILES string of the molecule is O=C(NCCc1ccccc1F)c1cc(F)c(Cl)cc1Cl. The van der Waals surface area contributed by atoms with Gasteiger partial charge in [-0.05, 0) is 30.2 Å². The number of amides is 1. The van der Waals surface area contributed by atoms with E-state index < -0.39 is 11.7 Å². The summed E-state index contributed by atoms with van der Waals surface area (Å²) in [5.74, 6) is -1.59. The molecule has 0 fully saturated rings. The molecule has 0 unspecified atom stereocenters. The lowest BCUT2D eigenvalue weighted by molar-refractivity contribution is 0.0953. The number of hydrogen-bond acceptors (Lipinski definition) is 1. The average Bonchev–Trinajstić information content (AvgIpc) is 2.44. The van der Waals surface area contributed by atoms with Crippen molar-refractivity contribution >= 4 is 29.1 Å². The molecule has 1 N–H and O–H groups in total. The standard InChI is InChI=1S/C15H11Cl2F2NO/c16-11-8-12(17)14(19)7-10(11)15(21)20-6-5-9-3-1-2-4-13(9)18/h1-4,7-8H,5-6H2,(H,20,21). The number of nitrogens with one attached hydrogen (secondary N) is 1. The van der Waals surface area contributed by atoms with Crippen LogP contribution in [-0.2, 0) is 6.42 Å². The Labute approximate surface area is 130 Å². The Morgan fingerprint density at radius 3 is 2.48 bits per heavy atom. The predicted molar refractivity (Wildman–Crippen MR) is 78.9 cm³/mol. The number of carbonyl (C=O) groups excluding carboxylic acids is 1. The van der Waals surface area contributed by atoms with Crippen molar-refractivity contribution in [2.45, 2.75) is 6.42 Å². The van der Waals surface area contributed by atoms with Crippen LogP contribution in [-0.4, -0.2) is 12.5 Å². The van der Waals surface area contributed by atoms with Gasteiger partial charge in [0.15, 0.2) is 0 Å². The summed E-state index contributed by atoms with van der Waals surface area (Å²) in [7, 11) is 0. The molecule has 21 heavy (non-hydrogen) atoms. The van der Waals surface area contributed by atoms with E-state index in [1.807, 2.05) is 0 Å². The molecular formula is C15H11Cl2F2NO. The fourth-order valence-electron chi connectivity index (χ4n) is 1.80. The Kier molecular flexibility index (Phi) is 5.15. The van der Waals surface area contributed by atoms with Gasteiger partial charge < -0.3 is 5.32 Å². The summed E-state index contributed by atoms with van der Waals surface area (Å²) in [6.07, 6.45) is 0.326. The van der Waals surface area contributed by atoms with Gasteiger partial charge in [0, 0.05) is 6.54 Å². The molecule has 6 heteroatoms. The first-order valence-electron chi connectivity index (χ1n) is 6.15. The zero-order valence-electron chi connectivity index (χ0n) is 10.8. The van der Waals surface area contributed by atoms with Gasteiger partial charge in [-0.2, -0.15) is 0 Å². The van der Waals surface area contributed by atoms with E-state index in [9.17, 15) is 13.6 Å². The zero-order chi connectivity index (χ0) is 15.4. The van der Waals surface area contributed by atoms with E-state index in [0.717, 1.165) is 6.07 Å². The fourth-order valence-corrected chi connectivity index (χ4v) is 2.27. The van der Waals surface area contributed by atoms with Crippen molar-refractivity contribution in [3.63, 3.8) is 0 Å². The molecule has 2 aromatic carbocycles. The van der Waals surface area contributed by atoms with Crippen LogP contribution in [0.5, 0.6) is 0 Å². The maximum absolute atomic E-state index is 13.4. The Bertz CT molecular complexity index is 677. The average molecular weight is 330 g/mol. The van der Waals surface area contributed by atoms with Crippen LogP contribution in [0.25, 0.3) is 0 Å². The quantitative estimate of drug-likeness (QED) is 0.835. The molecular weight excluding hydrogens is 319 g/mol. The number of carbonyl (C=O) groups is 1. The van der Waals surface area contributed by atoms with Crippen molar-refractivity contribution in [2.24, 2.45) is 0 Å². The van der Waals surface area contributed by atoms with Crippen LogP contribution >= 0.6 is 23.2 Å². The highest BCUT2D eigenvalue weighted by Gasteiger charge is 2.14. The molecule has 0 saturated carbocycles. The maximum Gasteiger partial charge on any atom is 0.252 e. The first-order chi connectivity index (χ1) is 9.99. The molecule has 2 aromatic rings. The van der Waals surface area contributed by atoms with E-state index in [0.29, 0.717) is 12.0 Å². The van der Waals surface area contributed by atoms with Crippen LogP contribution in [0.4, 0.5) is 8.78 Å². The summed E-state index contributed by atoms with van der Waals surface area (Å²) in [4.78, 5) is 11.9. The first kappa shape index (κ1) is 15.7. The van der Waals surface area contributed by atoms with E-state index in [1.54, 1.807) is 18.2 Å². The molecule has 2 nitrogen and oxygen atoms in total. The van der Waals surface area contributed by atoms with Gasteiger partial charge in [0.1, 0.15) is 11.6 Å². The van der Waals surface area contributed by atoms with Crippen molar-refractivity contribution in [1.82, 2.24) is 5.32 Å². The Morgan fingerprint density at radius 2 is 1.76 bits per heavy atom. The van der Waals surface area contributed by atoms with Crippen LogP contribution in [0.2, 0.25) is 10.0 Å². The van der Waals surface area contributed by atoms with Gasteiger partial charge in [-0.25, -0.2) is 8.78 Å². The largest absolute Gasteiger partial charge is 0.352 e. The van der Waals surface area contributed by atoms with Crippen molar-refractivity contribution in [3.05, 3.63) is 69.2 Å². The van der Waals surface area contributed by atoms with Gasteiger partial charge in [0.2, 0.25) is 0 Å². The third-order valence-corrected chi connectivity index (χ3v) is 3.49. The van der Waals surface area contributed by atoms with Crippen LogP contribution < -0.4 is 5.32 Å². The maximum atomic E-state index is 13.4. The normalized spacial score (nSPS) is 10.5. The molecule has 0 atom stereocenters. The van der Waals surface area contributed by atoms with Crippen LogP contribution in [0.15, 0.2) is 36.4 Å². The highest BCUT2D eigenvalue weighted by molar-refractivity contribution is 6.36. The van der Waals surface area contributed by atoms with Gasteiger partial charge in [0.05, 0.1) is 15.6 Å². The summed E-state index contributed by atoms with van der Waals surface area (Å²) < 4.78 is 26.7. The van der Waals surface area contributed by atoms with Crippen molar-refractivity contribution in [1.29, 1.82) is 0 Å². The summed E-state index contributed by atoms with van der Waals surface area (Å²) in [6.45, 7) is 0.209. The van der Waals surface area contributed by atoms with Crippen LogP contribution in [0, 0.1) is 11.6 Å². The monoisotopic (exact) mass is 329 g/mol. The van der Waals surface area contributed by atoms with Gasteiger partial charge in [-0.3, -0.25) is 4.79 Å². The minimum Gasteiger partial charge on any atom is -0.352 e. The molecule has 0 radical (unpaired) electrons. The summed E-state index contributed by atoms with van der Waals surface area (Å²) in [5.41, 5.74) is 0.485. The molecule has 0 bridgehead atoms. The summed E-state index contributed by atoms with van der Waals surface area (Å²) in [5, 5.41) is 2.47. The van der Waals surface area contributed by atoms with Gasteiger partial charge in [-0.15, -0.1) is 0 Å². The highest BCUT2D eigenvalue weighted by atomic mass is 35.5. The third-order valence-electron chi connectivity index (χ3n) is 2.89. The van der Waals surface area contributed by atoms with Crippen LogP contribution in [0.3, 0.4) is 0 Å². The Hall–Kier alpha value is -1.65. The lowest BCUT2D eigenvalue weighted by Crippen LogP contribution is -2.26. The summed E-state index contributed by atoms with van der Waals surface area (Å²) >= 11 is 11.4. The number of halogens is 4. The highest BCUT2D eigenvalue weighted by Crippen LogP contribution is 2.24. The Morgan fingerprint density at radius 1 is 1.05 bits per heavy atom. The third kappa shape index (κ3) is 3.93. The molecule has 0 aliphatic rings. The molecule has 0 aliphatic carbocycles. The topological polar surface area (TPSA) is 29.1 Å². The van der Waals surface area contributed by atoms with Gasteiger partial charge >= 0.3 is 0 Å². The zero-order valence-corrected chi connectivity index (χ0v) is 12.3. The lowest BCUT2D eigenvalue weighted by atomic mass is 10.1. The predicted octanol–water partition coefficient (Wildman–Crippen LogP) is 4.24. The minimum absolute atomic E-state index is 0.00731. The lowest BCUT2D eigenvalue weighted by Gasteiger charge is -2.08. The molecule has 0 aromatic heterocycles. The summed E-state index contributed by atoms with van der Waals surface area (Å²) in [6, 6.07) is 8.44. The number of hydrogen-bond donors (Lipinski definition) is 1. The number of rotatable bonds is 4. The molecule has 0 saturated heterocycles. The van der Waals surface area contributed by atoms with Crippen LogP contribution in [0.1, 0.15) is 15.9 Å². The van der Waals surface area contributed by atoms with E-state index in [2.05, 4.69) is 5.32 Å². The molecule has 1 amide bonds. The van der Waals surface area contributed by atoms with E-state index in [1.165, 1.54) is 12.1 Å². The second kappa shape index (κ2) is 6.87. The van der Waals surface area contributed by atoms with Crippen molar-refractivity contribution in [2.75, 3.05) is 6.54 Å². The molecule has 110 valence electrons. The van der Waals surface area contributed by atoms with Gasteiger partial charge in [0.25, 0.3) is 5.91 Å². The second-order valence-electron chi connectivity index (χ2n) is 4.34. The van der Waals surface area contributed by atoms with Crippen molar-refractivity contribution < 1.29 is 13.6 Å². The second-order valence-corrected chi connectivity index (χ2v) is 5.16. The van der Waals surface area contributed by atoms with E-state index in [-0.39, 0.29) is 28.0 Å². The molecule has 0 aliphatic heterocycles. The molecule has 2 rings (SSSR count). The first-order valence-corrected chi connectivity index (χ1v) is 6.91. The van der Waals surface area contributed by atoms with Crippen molar-refractivity contribution in [3.8, 4) is 0 Å². The number of benzene rings is 2. The molecule has 0 spiro atoms. The van der Waals surface area contributed by atoms with E-state index >= 15 is 0 Å². The fraction of sp³-hybridized carbons (Fsp3) is 0.133. The minimum atomic E-state index is -0.722. The Balaban J connectivity index is 2.00. The van der Waals surface area contributed by atoms with Gasteiger partial charge in [-0.1, -0.05) is 41.4 Å². The molecule has 0 heterocycles. The van der Waals surface area contributed by atoms with E-state index in [4.69, 9.17) is 23.2 Å². The smallest absolute Gasteiger partial charge is 0.252 e.